The van der Waals surface area contributed by atoms with Crippen molar-refractivity contribution in [3.63, 3.8) is 0 Å². The van der Waals surface area contributed by atoms with Gasteiger partial charge in [-0.05, 0) is 30.0 Å². The Morgan fingerprint density at radius 1 is 1.06 bits per heavy atom. The number of ether oxygens (including phenoxy) is 1. The van der Waals surface area contributed by atoms with Gasteiger partial charge in [-0.1, -0.05) is 40.0 Å². The first-order valence-corrected chi connectivity index (χ1v) is 6.84. The summed E-state index contributed by atoms with van der Waals surface area (Å²) in [5, 5.41) is 0. The van der Waals surface area contributed by atoms with Gasteiger partial charge in [-0.2, -0.15) is 0 Å². The smallest absolute Gasteiger partial charge is 0.142 e. The summed E-state index contributed by atoms with van der Waals surface area (Å²) >= 11 is 0. The van der Waals surface area contributed by atoms with E-state index >= 15 is 0 Å². The van der Waals surface area contributed by atoms with Crippen LogP contribution in [0.1, 0.15) is 46.5 Å². The van der Waals surface area contributed by atoms with E-state index in [-0.39, 0.29) is 0 Å². The second-order valence-corrected chi connectivity index (χ2v) is 4.96. The highest BCUT2D eigenvalue weighted by Gasteiger charge is 2.23. The first kappa shape index (κ1) is 14.7. The van der Waals surface area contributed by atoms with Crippen molar-refractivity contribution in [3.8, 4) is 5.75 Å². The van der Waals surface area contributed by atoms with E-state index in [0.717, 1.165) is 12.2 Å². The molecule has 1 aromatic carbocycles. The van der Waals surface area contributed by atoms with Gasteiger partial charge < -0.3 is 16.2 Å². The maximum absolute atomic E-state index is 5.86. The molecule has 0 heterocycles. The zero-order valence-electron chi connectivity index (χ0n) is 11.8. The van der Waals surface area contributed by atoms with Crippen LogP contribution in [0.25, 0.3) is 0 Å². The molecule has 1 aromatic rings. The molecule has 0 unspecified atom stereocenters. The molecule has 0 aromatic heterocycles. The quantitative estimate of drug-likeness (QED) is 0.723. The molecule has 3 heteroatoms. The zero-order chi connectivity index (χ0) is 13.6. The van der Waals surface area contributed by atoms with Crippen LogP contribution >= 0.6 is 0 Å². The second-order valence-electron chi connectivity index (χ2n) is 4.96. The average Bonchev–Trinajstić information content (AvgIpc) is 2.38. The number of nitrogens with two attached hydrogens (primary N) is 2. The number of hydrogen-bond acceptors (Lipinski definition) is 3. The molecule has 0 saturated heterocycles. The fourth-order valence-electron chi connectivity index (χ4n) is 2.36. The lowest BCUT2D eigenvalue weighted by Crippen LogP contribution is -2.21. The Labute approximate surface area is 111 Å². The SMILES string of the molecule is CCC(CC)(CC)CCOc1ccc(N)cc1N. The van der Waals surface area contributed by atoms with Crippen LogP contribution in [0.15, 0.2) is 18.2 Å². The van der Waals surface area contributed by atoms with Crippen molar-refractivity contribution in [1.29, 1.82) is 0 Å². The van der Waals surface area contributed by atoms with E-state index in [1.54, 1.807) is 6.07 Å². The van der Waals surface area contributed by atoms with Crippen molar-refractivity contribution in [2.45, 2.75) is 46.5 Å². The normalized spacial score (nSPS) is 11.5. The predicted octanol–water partition coefficient (Wildman–Crippen LogP) is 3.84. The third kappa shape index (κ3) is 3.56. The molecule has 0 bridgehead atoms. The van der Waals surface area contributed by atoms with Crippen LogP contribution < -0.4 is 16.2 Å². The molecule has 1 rings (SSSR count). The third-order valence-electron chi connectivity index (χ3n) is 4.17. The summed E-state index contributed by atoms with van der Waals surface area (Å²) in [6, 6.07) is 5.40. The van der Waals surface area contributed by atoms with E-state index in [1.165, 1.54) is 19.3 Å². The highest BCUT2D eigenvalue weighted by molar-refractivity contribution is 5.60. The predicted molar refractivity (Wildman–Crippen MR) is 78.7 cm³/mol. The van der Waals surface area contributed by atoms with Gasteiger partial charge in [-0.3, -0.25) is 0 Å². The Hall–Kier alpha value is -1.38. The van der Waals surface area contributed by atoms with Crippen molar-refractivity contribution in [3.05, 3.63) is 18.2 Å². The van der Waals surface area contributed by atoms with E-state index in [4.69, 9.17) is 16.2 Å². The van der Waals surface area contributed by atoms with Gasteiger partial charge in [0, 0.05) is 5.69 Å². The molecular weight excluding hydrogens is 224 g/mol. The standard InChI is InChI=1S/C15H26N2O/c1-4-15(5-2,6-3)9-10-18-14-8-7-12(16)11-13(14)17/h7-8,11H,4-6,9-10,16-17H2,1-3H3. The van der Waals surface area contributed by atoms with Crippen molar-refractivity contribution in [2.24, 2.45) is 5.41 Å². The Bertz CT molecular complexity index is 364. The minimum atomic E-state index is 0.405. The highest BCUT2D eigenvalue weighted by Crippen LogP contribution is 2.34. The summed E-state index contributed by atoms with van der Waals surface area (Å²) in [5.41, 5.74) is 13.2. The fourth-order valence-corrected chi connectivity index (χ4v) is 2.36. The van der Waals surface area contributed by atoms with Gasteiger partial charge in [0.1, 0.15) is 5.75 Å². The summed E-state index contributed by atoms with van der Waals surface area (Å²) in [4.78, 5) is 0. The van der Waals surface area contributed by atoms with Gasteiger partial charge in [0.05, 0.1) is 12.3 Å². The largest absolute Gasteiger partial charge is 0.491 e. The van der Waals surface area contributed by atoms with Crippen LogP contribution in [0.4, 0.5) is 11.4 Å². The number of benzene rings is 1. The Morgan fingerprint density at radius 2 is 1.67 bits per heavy atom. The molecular formula is C15H26N2O. The molecule has 3 nitrogen and oxygen atoms in total. The maximum atomic E-state index is 5.86. The summed E-state index contributed by atoms with van der Waals surface area (Å²) in [6.45, 7) is 7.48. The van der Waals surface area contributed by atoms with Crippen molar-refractivity contribution in [1.82, 2.24) is 0 Å². The van der Waals surface area contributed by atoms with Crippen molar-refractivity contribution in [2.75, 3.05) is 18.1 Å². The molecule has 0 spiro atoms. The van der Waals surface area contributed by atoms with E-state index in [0.29, 0.717) is 23.4 Å². The molecule has 102 valence electrons. The highest BCUT2D eigenvalue weighted by atomic mass is 16.5. The average molecular weight is 250 g/mol. The lowest BCUT2D eigenvalue weighted by Gasteiger charge is -2.30. The first-order chi connectivity index (χ1) is 8.56. The van der Waals surface area contributed by atoms with Gasteiger partial charge in [-0.25, -0.2) is 0 Å². The van der Waals surface area contributed by atoms with E-state index in [1.807, 2.05) is 12.1 Å². The summed E-state index contributed by atoms with van der Waals surface area (Å²) < 4.78 is 5.77. The van der Waals surface area contributed by atoms with Crippen LogP contribution in [-0.2, 0) is 0 Å². The molecule has 4 N–H and O–H groups in total. The third-order valence-corrected chi connectivity index (χ3v) is 4.17. The topological polar surface area (TPSA) is 61.3 Å². The fraction of sp³-hybridized carbons (Fsp3) is 0.600. The minimum absolute atomic E-state index is 0.405. The second kappa shape index (κ2) is 6.53. The summed E-state index contributed by atoms with van der Waals surface area (Å²) in [7, 11) is 0. The van der Waals surface area contributed by atoms with Gasteiger partial charge in [0.15, 0.2) is 0 Å². The van der Waals surface area contributed by atoms with E-state index in [9.17, 15) is 0 Å². The van der Waals surface area contributed by atoms with Gasteiger partial charge in [0.2, 0.25) is 0 Å². The van der Waals surface area contributed by atoms with E-state index in [2.05, 4.69) is 20.8 Å². The molecule has 0 amide bonds. The zero-order valence-corrected chi connectivity index (χ0v) is 11.8. The molecule has 0 saturated carbocycles. The van der Waals surface area contributed by atoms with Crippen LogP contribution in [0, 0.1) is 5.41 Å². The lowest BCUT2D eigenvalue weighted by atomic mass is 9.77. The number of rotatable bonds is 7. The van der Waals surface area contributed by atoms with Crippen LogP contribution in [0.3, 0.4) is 0 Å². The summed E-state index contributed by atoms with van der Waals surface area (Å²) in [5.74, 6) is 0.737. The van der Waals surface area contributed by atoms with Crippen molar-refractivity contribution >= 4 is 11.4 Å². The van der Waals surface area contributed by atoms with Gasteiger partial charge in [-0.15, -0.1) is 0 Å². The molecule has 0 aliphatic rings. The van der Waals surface area contributed by atoms with Crippen molar-refractivity contribution < 1.29 is 4.74 Å². The van der Waals surface area contributed by atoms with Crippen LogP contribution in [0.2, 0.25) is 0 Å². The monoisotopic (exact) mass is 250 g/mol. The molecule has 0 radical (unpaired) electrons. The molecule has 18 heavy (non-hydrogen) atoms. The molecule has 0 aliphatic carbocycles. The van der Waals surface area contributed by atoms with Gasteiger partial charge in [0.25, 0.3) is 0 Å². The number of anilines is 2. The van der Waals surface area contributed by atoms with E-state index < -0.39 is 0 Å². The first-order valence-electron chi connectivity index (χ1n) is 6.84. The maximum Gasteiger partial charge on any atom is 0.142 e. The Kier molecular flexibility index (Phi) is 5.32. The molecule has 0 fully saturated rings. The number of hydrogen-bond donors (Lipinski definition) is 2. The van der Waals surface area contributed by atoms with Crippen LogP contribution in [0.5, 0.6) is 5.75 Å². The Balaban J connectivity index is 2.55. The summed E-state index contributed by atoms with van der Waals surface area (Å²) in [6.07, 6.45) is 4.65. The molecule has 0 atom stereocenters. The lowest BCUT2D eigenvalue weighted by molar-refractivity contribution is 0.174. The van der Waals surface area contributed by atoms with Crippen LogP contribution in [-0.4, -0.2) is 6.61 Å². The number of nitrogen functional groups attached to an aromatic ring is 2. The molecule has 0 aliphatic heterocycles. The minimum Gasteiger partial charge on any atom is -0.491 e. The van der Waals surface area contributed by atoms with Gasteiger partial charge >= 0.3 is 0 Å². The Morgan fingerprint density at radius 3 is 2.17 bits per heavy atom.